The number of hydrogen-bond donors (Lipinski definition) is 3. The number of aliphatic hydroxyl groups is 1. The van der Waals surface area contributed by atoms with Crippen molar-refractivity contribution in [3.63, 3.8) is 0 Å². The van der Waals surface area contributed by atoms with Gasteiger partial charge in [-0.25, -0.2) is 0 Å². The summed E-state index contributed by atoms with van der Waals surface area (Å²) in [4.78, 5) is 0. The molecule has 0 aromatic rings. The summed E-state index contributed by atoms with van der Waals surface area (Å²) >= 11 is 0. The van der Waals surface area contributed by atoms with Crippen molar-refractivity contribution < 1.29 is 5.11 Å². The molecule has 3 fully saturated rings. The molecule has 1 heterocycles. The van der Waals surface area contributed by atoms with E-state index in [1.807, 2.05) is 0 Å². The van der Waals surface area contributed by atoms with Crippen LogP contribution in [0.25, 0.3) is 0 Å². The Hall–Kier alpha value is -0.120. The lowest BCUT2D eigenvalue weighted by atomic mass is 9.79. The van der Waals surface area contributed by atoms with Crippen molar-refractivity contribution in [2.45, 2.75) is 88.8 Å². The summed E-state index contributed by atoms with van der Waals surface area (Å²) in [7, 11) is 0. The van der Waals surface area contributed by atoms with E-state index in [1.165, 1.54) is 57.9 Å². The summed E-state index contributed by atoms with van der Waals surface area (Å²) in [6.45, 7) is 4.33. The van der Waals surface area contributed by atoms with E-state index in [9.17, 15) is 5.11 Å². The minimum absolute atomic E-state index is 0.431. The molecule has 3 rings (SSSR count). The zero-order valence-electron chi connectivity index (χ0n) is 13.7. The van der Waals surface area contributed by atoms with Crippen LogP contribution in [0, 0.1) is 11.8 Å². The average molecular weight is 294 g/mol. The monoisotopic (exact) mass is 294 g/mol. The van der Waals surface area contributed by atoms with E-state index in [-0.39, 0.29) is 0 Å². The van der Waals surface area contributed by atoms with Gasteiger partial charge in [-0.1, -0.05) is 19.8 Å². The summed E-state index contributed by atoms with van der Waals surface area (Å²) < 4.78 is 0. The Morgan fingerprint density at radius 2 is 1.86 bits per heavy atom. The maximum Gasteiger partial charge on any atom is 0.0771 e. The quantitative estimate of drug-likeness (QED) is 0.747. The molecule has 3 unspecified atom stereocenters. The lowest BCUT2D eigenvalue weighted by Gasteiger charge is -2.38. The van der Waals surface area contributed by atoms with Gasteiger partial charge in [0.05, 0.1) is 5.60 Å². The first-order valence-corrected chi connectivity index (χ1v) is 9.35. The van der Waals surface area contributed by atoms with Gasteiger partial charge in [-0.2, -0.15) is 0 Å². The molecule has 0 aromatic carbocycles. The van der Waals surface area contributed by atoms with Gasteiger partial charge in [-0.15, -0.1) is 0 Å². The van der Waals surface area contributed by atoms with Crippen molar-refractivity contribution in [2.75, 3.05) is 13.1 Å². The maximum absolute atomic E-state index is 10.8. The van der Waals surface area contributed by atoms with Gasteiger partial charge in [-0.05, 0) is 69.7 Å². The van der Waals surface area contributed by atoms with Crippen molar-refractivity contribution in [3.05, 3.63) is 0 Å². The summed E-state index contributed by atoms with van der Waals surface area (Å²) in [5.41, 5.74) is -0.431. The second kappa shape index (κ2) is 6.97. The Morgan fingerprint density at radius 3 is 2.57 bits per heavy atom. The van der Waals surface area contributed by atoms with Gasteiger partial charge in [0, 0.05) is 18.6 Å². The third-order valence-corrected chi connectivity index (χ3v) is 6.33. The summed E-state index contributed by atoms with van der Waals surface area (Å²) in [5.74, 6) is 1.59. The van der Waals surface area contributed by atoms with Gasteiger partial charge in [0.15, 0.2) is 0 Å². The number of hydrogen-bond acceptors (Lipinski definition) is 3. The average Bonchev–Trinajstić information content (AvgIpc) is 2.98. The standard InChI is InChI=1S/C18H34N2O/c1-14-8-10-18(21,11-9-14)13-20-17-7-4-5-15(17)16-6-2-3-12-19-16/h14-17,19-21H,2-13H2,1H3. The van der Waals surface area contributed by atoms with Crippen LogP contribution in [-0.4, -0.2) is 35.9 Å². The zero-order chi connectivity index (χ0) is 14.7. The molecule has 0 amide bonds. The molecule has 2 saturated carbocycles. The van der Waals surface area contributed by atoms with E-state index < -0.39 is 5.60 Å². The third kappa shape index (κ3) is 4.00. The van der Waals surface area contributed by atoms with E-state index >= 15 is 0 Å². The fourth-order valence-corrected chi connectivity index (χ4v) is 4.77. The Balaban J connectivity index is 1.49. The van der Waals surface area contributed by atoms with Gasteiger partial charge < -0.3 is 15.7 Å². The smallest absolute Gasteiger partial charge is 0.0771 e. The summed E-state index contributed by atoms with van der Waals surface area (Å²) in [5, 5.41) is 18.3. The largest absolute Gasteiger partial charge is 0.389 e. The number of rotatable bonds is 4. The highest BCUT2D eigenvalue weighted by atomic mass is 16.3. The predicted octanol–water partition coefficient (Wildman–Crippen LogP) is 2.83. The van der Waals surface area contributed by atoms with Crippen molar-refractivity contribution in [1.29, 1.82) is 0 Å². The van der Waals surface area contributed by atoms with Gasteiger partial charge in [0.2, 0.25) is 0 Å². The molecule has 3 heteroatoms. The first-order chi connectivity index (χ1) is 10.2. The lowest BCUT2D eigenvalue weighted by Crippen LogP contribution is -2.51. The van der Waals surface area contributed by atoms with E-state index in [1.54, 1.807) is 0 Å². The molecule has 3 N–H and O–H groups in total. The Labute approximate surface area is 130 Å². The van der Waals surface area contributed by atoms with Gasteiger partial charge >= 0.3 is 0 Å². The molecule has 3 nitrogen and oxygen atoms in total. The third-order valence-electron chi connectivity index (χ3n) is 6.33. The van der Waals surface area contributed by atoms with E-state index in [2.05, 4.69) is 17.6 Å². The molecule has 3 aliphatic rings. The van der Waals surface area contributed by atoms with Gasteiger partial charge in [0.1, 0.15) is 0 Å². The van der Waals surface area contributed by atoms with Crippen LogP contribution >= 0.6 is 0 Å². The van der Waals surface area contributed by atoms with Crippen molar-refractivity contribution >= 4 is 0 Å². The normalized spacial score (nSPS) is 44.9. The molecule has 1 aliphatic heterocycles. The maximum atomic E-state index is 10.8. The fourth-order valence-electron chi connectivity index (χ4n) is 4.77. The van der Waals surface area contributed by atoms with Crippen LogP contribution in [0.5, 0.6) is 0 Å². The highest BCUT2D eigenvalue weighted by Crippen LogP contribution is 2.34. The number of nitrogens with one attached hydrogen (secondary N) is 2. The topological polar surface area (TPSA) is 44.3 Å². The van der Waals surface area contributed by atoms with Crippen LogP contribution < -0.4 is 10.6 Å². The number of piperidine rings is 1. The molecule has 0 radical (unpaired) electrons. The summed E-state index contributed by atoms with van der Waals surface area (Å²) in [6, 6.07) is 1.35. The molecular formula is C18H34N2O. The van der Waals surface area contributed by atoms with Crippen molar-refractivity contribution in [1.82, 2.24) is 10.6 Å². The molecular weight excluding hydrogens is 260 g/mol. The summed E-state index contributed by atoms with van der Waals surface area (Å²) in [6.07, 6.45) is 12.5. The highest BCUT2D eigenvalue weighted by Gasteiger charge is 2.37. The second-order valence-corrected chi connectivity index (χ2v) is 8.05. The minimum atomic E-state index is -0.431. The minimum Gasteiger partial charge on any atom is -0.389 e. The van der Waals surface area contributed by atoms with Crippen LogP contribution in [0.15, 0.2) is 0 Å². The fraction of sp³-hybridized carbons (Fsp3) is 1.00. The Kier molecular flexibility index (Phi) is 5.23. The van der Waals surface area contributed by atoms with Crippen molar-refractivity contribution in [2.24, 2.45) is 11.8 Å². The van der Waals surface area contributed by atoms with Crippen LogP contribution in [0.4, 0.5) is 0 Å². The van der Waals surface area contributed by atoms with Gasteiger partial charge in [0.25, 0.3) is 0 Å². The zero-order valence-corrected chi connectivity index (χ0v) is 13.7. The molecule has 122 valence electrons. The second-order valence-electron chi connectivity index (χ2n) is 8.05. The highest BCUT2D eigenvalue weighted by molar-refractivity contribution is 4.95. The molecule has 2 aliphatic carbocycles. The first-order valence-electron chi connectivity index (χ1n) is 9.35. The van der Waals surface area contributed by atoms with Crippen LogP contribution in [0.3, 0.4) is 0 Å². The predicted molar refractivity (Wildman–Crippen MR) is 87.4 cm³/mol. The Bertz CT molecular complexity index is 319. The van der Waals surface area contributed by atoms with Gasteiger partial charge in [-0.3, -0.25) is 0 Å². The van der Waals surface area contributed by atoms with Crippen molar-refractivity contribution in [3.8, 4) is 0 Å². The molecule has 0 spiro atoms. The van der Waals surface area contributed by atoms with E-state index in [0.29, 0.717) is 6.04 Å². The first kappa shape index (κ1) is 15.8. The lowest BCUT2D eigenvalue weighted by molar-refractivity contribution is -0.00957. The van der Waals surface area contributed by atoms with Crippen LogP contribution in [0.1, 0.15) is 71.1 Å². The van der Waals surface area contributed by atoms with Crippen LogP contribution in [-0.2, 0) is 0 Å². The molecule has 1 saturated heterocycles. The molecule has 21 heavy (non-hydrogen) atoms. The molecule has 0 aromatic heterocycles. The van der Waals surface area contributed by atoms with E-state index in [0.717, 1.165) is 37.3 Å². The van der Waals surface area contributed by atoms with E-state index in [4.69, 9.17) is 0 Å². The molecule has 3 atom stereocenters. The molecule has 0 bridgehead atoms. The Morgan fingerprint density at radius 1 is 1.05 bits per heavy atom. The van der Waals surface area contributed by atoms with Crippen LogP contribution in [0.2, 0.25) is 0 Å². The SMILES string of the molecule is CC1CCC(O)(CNC2CCCC2C2CCCCN2)CC1.